The summed E-state index contributed by atoms with van der Waals surface area (Å²) in [6.45, 7) is 1.81. The topological polar surface area (TPSA) is 26.0 Å². The summed E-state index contributed by atoms with van der Waals surface area (Å²) < 4.78 is 27.7. The molecule has 19 heavy (non-hydrogen) atoms. The third kappa shape index (κ3) is 3.61. The van der Waals surface area contributed by atoms with Crippen LogP contribution in [0.1, 0.15) is 22.7 Å². The maximum Gasteiger partial charge on any atom is 0.127 e. The van der Waals surface area contributed by atoms with Crippen LogP contribution in [0.25, 0.3) is 0 Å². The van der Waals surface area contributed by atoms with Gasteiger partial charge in [0.2, 0.25) is 0 Å². The van der Waals surface area contributed by atoms with E-state index in [4.69, 9.17) is 5.73 Å². The average molecular weight is 326 g/mol. The van der Waals surface area contributed by atoms with Gasteiger partial charge in [0, 0.05) is 10.5 Å². The summed E-state index contributed by atoms with van der Waals surface area (Å²) in [6.07, 6.45) is 0.335. The van der Waals surface area contributed by atoms with E-state index in [9.17, 15) is 8.78 Å². The minimum atomic E-state index is -0.426. The van der Waals surface area contributed by atoms with Crippen molar-refractivity contribution in [1.29, 1.82) is 0 Å². The predicted molar refractivity (Wildman–Crippen MR) is 75.9 cm³/mol. The Morgan fingerprint density at radius 1 is 1.16 bits per heavy atom. The van der Waals surface area contributed by atoms with E-state index in [-0.39, 0.29) is 11.6 Å². The van der Waals surface area contributed by atoms with Crippen molar-refractivity contribution in [2.75, 3.05) is 0 Å². The lowest BCUT2D eigenvalue weighted by Gasteiger charge is -2.14. The fraction of sp³-hybridized carbons (Fsp3) is 0.200. The standard InChI is InChI=1S/C15H14BrF2N/c1-9-4-11(6-13(17)5-9)15(19)7-10-2-3-12(16)8-14(10)18/h2-6,8,15H,7,19H2,1H3. The summed E-state index contributed by atoms with van der Waals surface area (Å²) in [4.78, 5) is 0. The maximum atomic E-state index is 13.7. The Morgan fingerprint density at radius 3 is 2.53 bits per heavy atom. The molecule has 4 heteroatoms. The number of aryl methyl sites for hydroxylation is 1. The lowest BCUT2D eigenvalue weighted by molar-refractivity contribution is 0.588. The molecule has 2 N–H and O–H groups in total. The molecule has 0 bridgehead atoms. The molecule has 0 radical (unpaired) electrons. The van der Waals surface area contributed by atoms with Crippen LogP contribution in [0, 0.1) is 18.6 Å². The zero-order valence-electron chi connectivity index (χ0n) is 10.5. The molecule has 0 saturated heterocycles. The lowest BCUT2D eigenvalue weighted by Crippen LogP contribution is -2.14. The van der Waals surface area contributed by atoms with Crippen molar-refractivity contribution < 1.29 is 8.78 Å². The van der Waals surface area contributed by atoms with E-state index >= 15 is 0 Å². The summed E-state index contributed by atoms with van der Waals surface area (Å²) in [5.74, 6) is -0.625. The van der Waals surface area contributed by atoms with Crippen LogP contribution in [0.5, 0.6) is 0 Å². The molecule has 0 aliphatic rings. The largest absolute Gasteiger partial charge is 0.324 e. The fourth-order valence-electron chi connectivity index (χ4n) is 2.02. The first-order valence-corrected chi connectivity index (χ1v) is 6.71. The van der Waals surface area contributed by atoms with Crippen LogP contribution in [0.15, 0.2) is 40.9 Å². The zero-order chi connectivity index (χ0) is 14.0. The van der Waals surface area contributed by atoms with E-state index < -0.39 is 6.04 Å². The van der Waals surface area contributed by atoms with E-state index in [1.165, 1.54) is 18.2 Å². The van der Waals surface area contributed by atoms with Crippen LogP contribution in [0.3, 0.4) is 0 Å². The van der Waals surface area contributed by atoms with Crippen LogP contribution >= 0.6 is 15.9 Å². The van der Waals surface area contributed by atoms with Crippen LogP contribution in [0.4, 0.5) is 8.78 Å². The van der Waals surface area contributed by atoms with Gasteiger partial charge >= 0.3 is 0 Å². The van der Waals surface area contributed by atoms with Gasteiger partial charge in [0.1, 0.15) is 11.6 Å². The minimum Gasteiger partial charge on any atom is -0.324 e. The highest BCUT2D eigenvalue weighted by Gasteiger charge is 2.12. The molecule has 2 rings (SSSR count). The molecule has 0 amide bonds. The van der Waals surface area contributed by atoms with Gasteiger partial charge in [-0.25, -0.2) is 8.78 Å². The van der Waals surface area contributed by atoms with E-state index in [2.05, 4.69) is 15.9 Å². The summed E-state index contributed by atoms with van der Waals surface area (Å²) in [5.41, 5.74) is 8.04. The first-order valence-electron chi connectivity index (χ1n) is 5.92. The number of hydrogen-bond donors (Lipinski definition) is 1. The number of halogens is 3. The average Bonchev–Trinajstić information content (AvgIpc) is 2.31. The van der Waals surface area contributed by atoms with E-state index in [0.29, 0.717) is 22.0 Å². The Bertz CT molecular complexity index is 578. The SMILES string of the molecule is Cc1cc(F)cc(C(N)Cc2ccc(Br)cc2F)c1. The second-order valence-corrected chi connectivity index (χ2v) is 5.52. The molecule has 0 aliphatic heterocycles. The Morgan fingerprint density at radius 2 is 1.89 bits per heavy atom. The number of hydrogen-bond acceptors (Lipinski definition) is 1. The number of benzene rings is 2. The summed E-state index contributed by atoms with van der Waals surface area (Å²) in [7, 11) is 0. The van der Waals surface area contributed by atoms with E-state index in [1.807, 2.05) is 6.07 Å². The molecule has 1 nitrogen and oxygen atoms in total. The van der Waals surface area contributed by atoms with Crippen molar-refractivity contribution in [3.8, 4) is 0 Å². The van der Waals surface area contributed by atoms with Crippen LogP contribution in [0.2, 0.25) is 0 Å². The summed E-state index contributed by atoms with van der Waals surface area (Å²) in [6, 6.07) is 9.09. The molecule has 100 valence electrons. The molecule has 2 aromatic rings. The molecule has 0 saturated carbocycles. The first-order chi connectivity index (χ1) is 8.95. The molecule has 0 aromatic heterocycles. The third-order valence-corrected chi connectivity index (χ3v) is 3.44. The highest BCUT2D eigenvalue weighted by Crippen LogP contribution is 2.22. The second-order valence-electron chi connectivity index (χ2n) is 4.61. The molecule has 1 atom stereocenters. The van der Waals surface area contributed by atoms with Gasteiger partial charge in [0.25, 0.3) is 0 Å². The van der Waals surface area contributed by atoms with Gasteiger partial charge in [-0.3, -0.25) is 0 Å². The van der Waals surface area contributed by atoms with Crippen LogP contribution in [-0.4, -0.2) is 0 Å². The molecular weight excluding hydrogens is 312 g/mol. The third-order valence-electron chi connectivity index (χ3n) is 2.95. The fourth-order valence-corrected chi connectivity index (χ4v) is 2.35. The molecular formula is C15H14BrF2N. The Labute approximate surface area is 119 Å². The summed E-state index contributed by atoms with van der Waals surface area (Å²) >= 11 is 3.21. The highest BCUT2D eigenvalue weighted by atomic mass is 79.9. The Balaban J connectivity index is 2.22. The predicted octanol–water partition coefficient (Wildman–Crippen LogP) is 4.28. The van der Waals surface area contributed by atoms with E-state index in [1.54, 1.807) is 19.1 Å². The molecule has 0 aliphatic carbocycles. The van der Waals surface area contributed by atoms with Crippen molar-refractivity contribution in [2.24, 2.45) is 5.73 Å². The quantitative estimate of drug-likeness (QED) is 0.895. The summed E-state index contributed by atoms with van der Waals surface area (Å²) in [5, 5.41) is 0. The smallest absolute Gasteiger partial charge is 0.127 e. The second kappa shape index (κ2) is 5.80. The van der Waals surface area contributed by atoms with Crippen molar-refractivity contribution in [2.45, 2.75) is 19.4 Å². The van der Waals surface area contributed by atoms with E-state index in [0.717, 1.165) is 5.56 Å². The van der Waals surface area contributed by atoms with Gasteiger partial charge in [-0.2, -0.15) is 0 Å². The number of rotatable bonds is 3. The van der Waals surface area contributed by atoms with Gasteiger partial charge in [0.15, 0.2) is 0 Å². The van der Waals surface area contributed by atoms with Gasteiger partial charge in [0.05, 0.1) is 0 Å². The molecule has 1 unspecified atom stereocenters. The van der Waals surface area contributed by atoms with Crippen molar-refractivity contribution in [1.82, 2.24) is 0 Å². The molecule has 0 fully saturated rings. The van der Waals surface area contributed by atoms with Crippen LogP contribution in [-0.2, 0) is 6.42 Å². The van der Waals surface area contributed by atoms with Gasteiger partial charge in [-0.15, -0.1) is 0 Å². The molecule has 2 aromatic carbocycles. The van der Waals surface area contributed by atoms with Crippen molar-refractivity contribution >= 4 is 15.9 Å². The first kappa shape index (κ1) is 14.2. The normalized spacial score (nSPS) is 12.5. The lowest BCUT2D eigenvalue weighted by atomic mass is 9.98. The van der Waals surface area contributed by atoms with Crippen molar-refractivity contribution in [3.63, 3.8) is 0 Å². The molecule has 0 spiro atoms. The zero-order valence-corrected chi connectivity index (χ0v) is 12.0. The maximum absolute atomic E-state index is 13.7. The van der Waals surface area contributed by atoms with Gasteiger partial charge in [-0.05, 0) is 54.3 Å². The Kier molecular flexibility index (Phi) is 4.32. The number of nitrogens with two attached hydrogens (primary N) is 1. The van der Waals surface area contributed by atoms with Gasteiger partial charge in [-0.1, -0.05) is 28.1 Å². The van der Waals surface area contributed by atoms with Crippen LogP contribution < -0.4 is 5.73 Å². The monoisotopic (exact) mass is 325 g/mol. The Hall–Kier alpha value is -1.26. The minimum absolute atomic E-state index is 0.307. The van der Waals surface area contributed by atoms with Crippen molar-refractivity contribution in [3.05, 3.63) is 69.2 Å². The molecule has 0 heterocycles. The van der Waals surface area contributed by atoms with Gasteiger partial charge < -0.3 is 5.73 Å². The highest BCUT2D eigenvalue weighted by molar-refractivity contribution is 9.10.